The van der Waals surface area contributed by atoms with Crippen LogP contribution in [-0.2, 0) is 13.0 Å². The second-order valence-electron chi connectivity index (χ2n) is 8.81. The maximum Gasteiger partial charge on any atom is 0.250 e. The Morgan fingerprint density at radius 2 is 2.04 bits per heavy atom. The summed E-state index contributed by atoms with van der Waals surface area (Å²) in [7, 11) is 4.36. The average Bonchev–Trinajstić information content (AvgIpc) is 2.81. The summed E-state index contributed by atoms with van der Waals surface area (Å²) in [5, 5.41) is 5.46. The number of nitrogens with zero attached hydrogens (tertiary/aromatic N) is 4. The average molecular weight is 341 g/mol. The highest BCUT2D eigenvalue weighted by atomic mass is 16.1. The predicted octanol–water partition coefficient (Wildman–Crippen LogP) is 2.21. The zero-order valence-corrected chi connectivity index (χ0v) is 15.5. The van der Waals surface area contributed by atoms with Crippen molar-refractivity contribution in [2.24, 2.45) is 17.1 Å². The summed E-state index contributed by atoms with van der Waals surface area (Å²) < 4.78 is 2.03. The van der Waals surface area contributed by atoms with Crippen LogP contribution in [0.3, 0.4) is 0 Å². The highest BCUT2D eigenvalue weighted by Gasteiger charge is 2.68. The van der Waals surface area contributed by atoms with E-state index in [-0.39, 0.29) is 0 Å². The first-order chi connectivity index (χ1) is 11.7. The summed E-state index contributed by atoms with van der Waals surface area (Å²) in [5.41, 5.74) is 8.56. The molecular weight excluding hydrogens is 314 g/mol. The molecule has 25 heavy (non-hydrogen) atoms. The number of hydrogen-bond donors (Lipinski definition) is 1. The van der Waals surface area contributed by atoms with E-state index in [0.29, 0.717) is 22.4 Å². The van der Waals surface area contributed by atoms with Crippen LogP contribution in [0.25, 0.3) is 11.0 Å². The van der Waals surface area contributed by atoms with Crippen LogP contribution in [0.15, 0.2) is 12.3 Å². The van der Waals surface area contributed by atoms with Gasteiger partial charge in [-0.05, 0) is 57.2 Å². The van der Waals surface area contributed by atoms with Crippen molar-refractivity contribution in [2.75, 3.05) is 14.1 Å². The number of rotatable bonds is 6. The molecule has 0 aliphatic heterocycles. The molecule has 2 N–H and O–H groups in total. The molecule has 5 rings (SSSR count). The van der Waals surface area contributed by atoms with Gasteiger partial charge in [0.05, 0.1) is 17.5 Å². The van der Waals surface area contributed by atoms with Crippen LogP contribution >= 0.6 is 0 Å². The first kappa shape index (κ1) is 16.5. The van der Waals surface area contributed by atoms with Crippen molar-refractivity contribution >= 4 is 16.9 Å². The van der Waals surface area contributed by atoms with Crippen LogP contribution in [0.4, 0.5) is 0 Å². The van der Waals surface area contributed by atoms with Crippen molar-refractivity contribution < 1.29 is 4.79 Å². The van der Waals surface area contributed by atoms with Crippen molar-refractivity contribution in [1.29, 1.82) is 0 Å². The molecule has 0 radical (unpaired) electrons. The van der Waals surface area contributed by atoms with Gasteiger partial charge in [0.25, 0.3) is 5.91 Å². The van der Waals surface area contributed by atoms with Gasteiger partial charge in [0.1, 0.15) is 0 Å². The first-order valence-corrected chi connectivity index (χ1v) is 9.06. The molecular formula is C19H27N5O. The van der Waals surface area contributed by atoms with Gasteiger partial charge >= 0.3 is 0 Å². The largest absolute Gasteiger partial charge is 0.366 e. The van der Waals surface area contributed by atoms with Gasteiger partial charge in [-0.15, -0.1) is 0 Å². The second kappa shape index (κ2) is 5.27. The lowest BCUT2D eigenvalue weighted by Crippen LogP contribution is -2.74. The van der Waals surface area contributed by atoms with E-state index in [4.69, 9.17) is 10.7 Å². The van der Waals surface area contributed by atoms with Crippen molar-refractivity contribution in [3.05, 3.63) is 23.5 Å². The molecule has 0 aromatic carbocycles. The molecule has 2 aromatic heterocycles. The molecule has 1 amide bonds. The molecule has 2 bridgehead atoms. The normalized spacial score (nSPS) is 27.6. The van der Waals surface area contributed by atoms with E-state index in [2.05, 4.69) is 37.9 Å². The monoisotopic (exact) mass is 341 g/mol. The van der Waals surface area contributed by atoms with Crippen LogP contribution < -0.4 is 5.73 Å². The fourth-order valence-electron chi connectivity index (χ4n) is 4.81. The Morgan fingerprint density at radius 3 is 2.60 bits per heavy atom. The number of fused-ring (bicyclic) bond motifs is 1. The predicted molar refractivity (Wildman–Crippen MR) is 97.3 cm³/mol. The third-order valence-electron chi connectivity index (χ3n) is 6.10. The van der Waals surface area contributed by atoms with Gasteiger partial charge in [-0.3, -0.25) is 4.79 Å². The number of primary amides is 1. The van der Waals surface area contributed by atoms with Crippen LogP contribution in [-0.4, -0.2) is 45.2 Å². The molecule has 0 spiro atoms. The van der Waals surface area contributed by atoms with Crippen molar-refractivity contribution in [1.82, 2.24) is 19.7 Å². The van der Waals surface area contributed by atoms with Gasteiger partial charge < -0.3 is 10.6 Å². The maximum absolute atomic E-state index is 11.8. The number of amides is 1. The Hall–Kier alpha value is -1.95. The van der Waals surface area contributed by atoms with E-state index in [1.54, 1.807) is 6.20 Å². The highest BCUT2D eigenvalue weighted by molar-refractivity contribution is 5.97. The second-order valence-corrected chi connectivity index (χ2v) is 8.81. The van der Waals surface area contributed by atoms with E-state index in [1.807, 2.05) is 10.7 Å². The Kier molecular flexibility index (Phi) is 3.48. The van der Waals surface area contributed by atoms with Crippen molar-refractivity contribution in [2.45, 2.75) is 51.6 Å². The van der Waals surface area contributed by atoms with Gasteiger partial charge in [0.2, 0.25) is 0 Å². The van der Waals surface area contributed by atoms with Crippen LogP contribution in [0.5, 0.6) is 0 Å². The first-order valence-electron chi connectivity index (χ1n) is 9.06. The molecule has 6 heteroatoms. The summed E-state index contributed by atoms with van der Waals surface area (Å²) in [6.45, 7) is 5.16. The quantitative estimate of drug-likeness (QED) is 0.874. The molecule has 0 unspecified atom stereocenters. The van der Waals surface area contributed by atoms with Crippen LogP contribution in [0.2, 0.25) is 0 Å². The van der Waals surface area contributed by atoms with E-state index in [1.165, 1.54) is 19.3 Å². The summed E-state index contributed by atoms with van der Waals surface area (Å²) in [6.07, 6.45) is 6.28. The minimum Gasteiger partial charge on any atom is -0.366 e. The Morgan fingerprint density at radius 1 is 1.36 bits per heavy atom. The van der Waals surface area contributed by atoms with Crippen LogP contribution in [0.1, 0.15) is 49.2 Å². The smallest absolute Gasteiger partial charge is 0.250 e. The Balaban J connectivity index is 1.64. The van der Waals surface area contributed by atoms with Crippen LogP contribution in [0, 0.1) is 11.3 Å². The molecule has 3 saturated carbocycles. The zero-order valence-electron chi connectivity index (χ0n) is 15.5. The summed E-state index contributed by atoms with van der Waals surface area (Å²) in [5.74, 6) is 0.00198. The number of nitrogens with two attached hydrogens (primary N) is 1. The van der Waals surface area contributed by atoms with E-state index >= 15 is 0 Å². The zero-order chi connectivity index (χ0) is 18.0. The van der Waals surface area contributed by atoms with Gasteiger partial charge in [-0.25, -0.2) is 9.67 Å². The number of carbonyl (C=O) groups is 1. The molecule has 3 aliphatic rings. The summed E-state index contributed by atoms with van der Waals surface area (Å²) in [6, 6.07) is 1.86. The van der Waals surface area contributed by atoms with Gasteiger partial charge in [0.15, 0.2) is 5.65 Å². The Bertz CT molecular complexity index is 831. The lowest BCUT2D eigenvalue weighted by Gasteiger charge is -2.73. The summed E-state index contributed by atoms with van der Waals surface area (Å²) in [4.78, 5) is 19.0. The van der Waals surface area contributed by atoms with E-state index in [0.717, 1.165) is 29.7 Å². The number of hydrogen-bond acceptors (Lipinski definition) is 4. The highest BCUT2D eigenvalue weighted by Crippen LogP contribution is 2.70. The maximum atomic E-state index is 11.8. The van der Waals surface area contributed by atoms with Gasteiger partial charge in [0, 0.05) is 17.5 Å². The van der Waals surface area contributed by atoms with Gasteiger partial charge in [-0.1, -0.05) is 13.8 Å². The summed E-state index contributed by atoms with van der Waals surface area (Å²) >= 11 is 0. The molecule has 2 aromatic rings. The molecule has 0 saturated heterocycles. The fraction of sp³-hybridized carbons (Fsp3) is 0.632. The molecule has 134 valence electrons. The Labute approximate surface area is 148 Å². The number of carbonyl (C=O) groups excluding carboxylic acids is 1. The van der Waals surface area contributed by atoms with Crippen molar-refractivity contribution in [3.8, 4) is 0 Å². The molecule has 0 atom stereocenters. The van der Waals surface area contributed by atoms with E-state index < -0.39 is 5.91 Å². The fourth-order valence-corrected chi connectivity index (χ4v) is 4.81. The SMILES string of the molecule is CC(C)Cc1nc2c(cnn2CC23CC(N(C)C)(C2)C3)cc1C(N)=O. The number of pyridine rings is 1. The lowest BCUT2D eigenvalue weighted by molar-refractivity contribution is -0.214. The lowest BCUT2D eigenvalue weighted by atomic mass is 9.39. The van der Waals surface area contributed by atoms with Gasteiger partial charge in [-0.2, -0.15) is 5.10 Å². The minimum absolute atomic E-state index is 0.380. The topological polar surface area (TPSA) is 77.0 Å². The number of aromatic nitrogens is 3. The molecule has 3 fully saturated rings. The molecule has 2 heterocycles. The molecule has 3 aliphatic carbocycles. The van der Waals surface area contributed by atoms with Crippen molar-refractivity contribution in [3.63, 3.8) is 0 Å². The standard InChI is InChI=1S/C19H27N5O/c1-12(2)5-15-14(16(20)25)6-13-7-21-24(17(13)22-15)11-18-8-19(9-18,10-18)23(3)4/h6-7,12H,5,8-11H2,1-4H3,(H2,20,25). The third-order valence-corrected chi connectivity index (χ3v) is 6.10. The third kappa shape index (κ3) is 2.46. The molecule has 6 nitrogen and oxygen atoms in total. The minimum atomic E-state index is -0.412. The van der Waals surface area contributed by atoms with E-state index in [9.17, 15) is 4.79 Å².